The Labute approximate surface area is 131 Å². The van der Waals surface area contributed by atoms with E-state index in [1.807, 2.05) is 19.4 Å². The van der Waals surface area contributed by atoms with Crippen LogP contribution in [0.4, 0.5) is 5.13 Å². The number of thiazole rings is 1. The van der Waals surface area contributed by atoms with Crippen molar-refractivity contribution >= 4 is 22.4 Å². The minimum absolute atomic E-state index is 0.0434. The Hall–Kier alpha value is -0.980. The summed E-state index contributed by atoms with van der Waals surface area (Å²) in [5.41, 5.74) is 0. The van der Waals surface area contributed by atoms with E-state index >= 15 is 0 Å². The van der Waals surface area contributed by atoms with Crippen LogP contribution >= 0.6 is 11.3 Å². The molecule has 2 heterocycles. The standard InChI is InChI=1S/C15H26N4OS/c1-5-17(3)13-10-19(11-13)8-6-12(2)14(20)18(4)15-16-7-9-21-15/h7,9,12-13H,5-6,8,10-11H2,1-4H3. The van der Waals surface area contributed by atoms with Crippen molar-refractivity contribution in [3.05, 3.63) is 11.6 Å². The van der Waals surface area contributed by atoms with E-state index in [0.29, 0.717) is 6.04 Å². The lowest BCUT2D eigenvalue weighted by molar-refractivity contribution is -0.122. The Morgan fingerprint density at radius 2 is 2.24 bits per heavy atom. The molecule has 0 aliphatic carbocycles. The molecule has 1 fully saturated rings. The molecule has 0 aromatic carbocycles. The third kappa shape index (κ3) is 4.02. The third-order valence-corrected chi connectivity index (χ3v) is 5.24. The van der Waals surface area contributed by atoms with Gasteiger partial charge in [0.25, 0.3) is 0 Å². The SMILES string of the molecule is CCN(C)C1CN(CCC(C)C(=O)N(C)c2nccs2)C1. The second-order valence-corrected chi connectivity index (χ2v) is 6.76. The molecule has 6 heteroatoms. The van der Waals surface area contributed by atoms with Crippen LogP contribution in [-0.4, -0.2) is 67.0 Å². The zero-order chi connectivity index (χ0) is 15.4. The summed E-state index contributed by atoms with van der Waals surface area (Å²) in [5, 5.41) is 2.68. The van der Waals surface area contributed by atoms with E-state index in [2.05, 4.69) is 28.8 Å². The lowest BCUT2D eigenvalue weighted by Gasteiger charge is -2.44. The first-order valence-electron chi connectivity index (χ1n) is 7.62. The van der Waals surface area contributed by atoms with Gasteiger partial charge in [-0.05, 0) is 26.6 Å². The number of nitrogens with zero attached hydrogens (tertiary/aromatic N) is 4. The summed E-state index contributed by atoms with van der Waals surface area (Å²) < 4.78 is 0. The maximum Gasteiger partial charge on any atom is 0.231 e. The molecule has 21 heavy (non-hydrogen) atoms. The summed E-state index contributed by atoms with van der Waals surface area (Å²) in [6.07, 6.45) is 2.65. The Morgan fingerprint density at radius 3 is 2.81 bits per heavy atom. The van der Waals surface area contributed by atoms with Gasteiger partial charge in [-0.25, -0.2) is 4.98 Å². The van der Waals surface area contributed by atoms with Gasteiger partial charge in [0.2, 0.25) is 5.91 Å². The van der Waals surface area contributed by atoms with Gasteiger partial charge in [0, 0.05) is 43.7 Å². The van der Waals surface area contributed by atoms with Crippen LogP contribution < -0.4 is 4.90 Å². The van der Waals surface area contributed by atoms with Crippen molar-refractivity contribution in [3.63, 3.8) is 0 Å². The van der Waals surface area contributed by atoms with Crippen molar-refractivity contribution in [3.8, 4) is 0 Å². The van der Waals surface area contributed by atoms with Crippen molar-refractivity contribution in [2.45, 2.75) is 26.3 Å². The third-order valence-electron chi connectivity index (χ3n) is 4.40. The fourth-order valence-corrected chi connectivity index (χ4v) is 3.18. The molecule has 1 aromatic heterocycles. The number of likely N-dealkylation sites (N-methyl/N-ethyl adjacent to an activating group) is 1. The Balaban J connectivity index is 1.71. The number of likely N-dealkylation sites (tertiary alicyclic amines) is 1. The van der Waals surface area contributed by atoms with E-state index in [4.69, 9.17) is 0 Å². The van der Waals surface area contributed by atoms with Gasteiger partial charge in [-0.15, -0.1) is 11.3 Å². The van der Waals surface area contributed by atoms with E-state index in [0.717, 1.165) is 37.7 Å². The molecule has 0 bridgehead atoms. The molecule has 2 rings (SSSR count). The quantitative estimate of drug-likeness (QED) is 0.769. The second kappa shape index (κ2) is 7.33. The van der Waals surface area contributed by atoms with Gasteiger partial charge in [0.15, 0.2) is 5.13 Å². The maximum absolute atomic E-state index is 12.3. The second-order valence-electron chi connectivity index (χ2n) is 5.89. The molecule has 1 amide bonds. The Kier molecular flexibility index (Phi) is 5.72. The number of carbonyl (C=O) groups excluding carboxylic acids is 1. The average Bonchev–Trinajstić information content (AvgIpc) is 2.97. The zero-order valence-electron chi connectivity index (χ0n) is 13.5. The molecule has 0 radical (unpaired) electrons. The molecule has 1 saturated heterocycles. The van der Waals surface area contributed by atoms with Crippen molar-refractivity contribution < 1.29 is 4.79 Å². The van der Waals surface area contributed by atoms with Crippen LogP contribution in [0.15, 0.2) is 11.6 Å². The van der Waals surface area contributed by atoms with Crippen LogP contribution in [0.5, 0.6) is 0 Å². The molecule has 5 nitrogen and oxygen atoms in total. The number of rotatable bonds is 7. The van der Waals surface area contributed by atoms with Gasteiger partial charge in [-0.2, -0.15) is 0 Å². The highest BCUT2D eigenvalue weighted by molar-refractivity contribution is 7.13. The summed E-state index contributed by atoms with van der Waals surface area (Å²) in [4.78, 5) is 23.0. The van der Waals surface area contributed by atoms with Gasteiger partial charge in [0.1, 0.15) is 0 Å². The van der Waals surface area contributed by atoms with Gasteiger partial charge >= 0.3 is 0 Å². The normalized spacial score (nSPS) is 17.8. The molecule has 118 valence electrons. The first-order valence-corrected chi connectivity index (χ1v) is 8.50. The molecule has 1 aliphatic rings. The van der Waals surface area contributed by atoms with E-state index in [1.165, 1.54) is 11.3 Å². The summed E-state index contributed by atoms with van der Waals surface area (Å²) in [6.45, 7) is 8.58. The molecule has 1 aromatic rings. The van der Waals surface area contributed by atoms with Crippen LogP contribution in [-0.2, 0) is 4.79 Å². The number of hydrogen-bond donors (Lipinski definition) is 0. The van der Waals surface area contributed by atoms with Gasteiger partial charge in [-0.3, -0.25) is 9.69 Å². The Morgan fingerprint density at radius 1 is 1.52 bits per heavy atom. The van der Waals surface area contributed by atoms with E-state index < -0.39 is 0 Å². The smallest absolute Gasteiger partial charge is 0.231 e. The fraction of sp³-hybridized carbons (Fsp3) is 0.733. The molecule has 0 N–H and O–H groups in total. The number of anilines is 1. The first kappa shape index (κ1) is 16.4. The fourth-order valence-electron chi connectivity index (χ4n) is 2.57. The summed E-state index contributed by atoms with van der Waals surface area (Å²) in [5.74, 6) is 0.203. The highest BCUT2D eigenvalue weighted by Crippen LogP contribution is 2.20. The van der Waals surface area contributed by atoms with Gasteiger partial charge in [0.05, 0.1) is 0 Å². The van der Waals surface area contributed by atoms with Crippen molar-refractivity contribution in [1.82, 2.24) is 14.8 Å². The highest BCUT2D eigenvalue weighted by atomic mass is 32.1. The van der Waals surface area contributed by atoms with Crippen molar-refractivity contribution in [2.75, 3.05) is 45.2 Å². The van der Waals surface area contributed by atoms with Crippen LogP contribution in [0, 0.1) is 5.92 Å². The number of hydrogen-bond acceptors (Lipinski definition) is 5. The molecule has 1 unspecified atom stereocenters. The lowest BCUT2D eigenvalue weighted by Crippen LogP contribution is -2.58. The molecular weight excluding hydrogens is 284 g/mol. The molecular formula is C15H26N4OS. The van der Waals surface area contributed by atoms with Gasteiger partial charge in [-0.1, -0.05) is 13.8 Å². The number of aromatic nitrogens is 1. The molecule has 0 spiro atoms. The first-order chi connectivity index (χ1) is 10.0. The minimum atomic E-state index is 0.0434. The topological polar surface area (TPSA) is 39.7 Å². The molecule has 1 aliphatic heterocycles. The highest BCUT2D eigenvalue weighted by Gasteiger charge is 2.29. The van der Waals surface area contributed by atoms with Crippen LogP contribution in [0.2, 0.25) is 0 Å². The Bertz CT molecular complexity index is 445. The largest absolute Gasteiger partial charge is 0.301 e. The number of carbonyl (C=O) groups is 1. The van der Waals surface area contributed by atoms with E-state index in [-0.39, 0.29) is 11.8 Å². The summed E-state index contributed by atoms with van der Waals surface area (Å²) >= 11 is 1.50. The van der Waals surface area contributed by atoms with Crippen LogP contribution in [0.25, 0.3) is 0 Å². The van der Waals surface area contributed by atoms with Crippen LogP contribution in [0.1, 0.15) is 20.3 Å². The predicted octanol–water partition coefficient (Wildman–Crippen LogP) is 1.77. The van der Waals surface area contributed by atoms with Crippen LogP contribution in [0.3, 0.4) is 0 Å². The average molecular weight is 310 g/mol. The van der Waals surface area contributed by atoms with Crippen molar-refractivity contribution in [2.24, 2.45) is 5.92 Å². The van der Waals surface area contributed by atoms with Gasteiger partial charge < -0.3 is 9.80 Å². The zero-order valence-corrected chi connectivity index (χ0v) is 14.3. The predicted molar refractivity (Wildman–Crippen MR) is 87.8 cm³/mol. The summed E-state index contributed by atoms with van der Waals surface area (Å²) in [7, 11) is 3.99. The minimum Gasteiger partial charge on any atom is -0.301 e. The summed E-state index contributed by atoms with van der Waals surface area (Å²) in [6, 6.07) is 0.694. The van der Waals surface area contributed by atoms with E-state index in [9.17, 15) is 4.79 Å². The maximum atomic E-state index is 12.3. The lowest BCUT2D eigenvalue weighted by atomic mass is 10.0. The molecule has 0 saturated carbocycles. The van der Waals surface area contributed by atoms with E-state index in [1.54, 1.807) is 11.1 Å². The van der Waals surface area contributed by atoms with Crippen molar-refractivity contribution in [1.29, 1.82) is 0 Å². The molecule has 1 atom stereocenters. The monoisotopic (exact) mass is 310 g/mol. The number of amides is 1.